The van der Waals surface area contributed by atoms with Crippen LogP contribution in [0.25, 0.3) is 0 Å². The molecule has 3 aliphatic heterocycles. The van der Waals surface area contributed by atoms with Gasteiger partial charge in [-0.1, -0.05) is 24.8 Å². The van der Waals surface area contributed by atoms with Gasteiger partial charge in [-0.2, -0.15) is 0 Å². The van der Waals surface area contributed by atoms with E-state index in [0.29, 0.717) is 11.5 Å². The van der Waals surface area contributed by atoms with Gasteiger partial charge in [-0.3, -0.25) is 9.69 Å². The first-order valence-corrected chi connectivity index (χ1v) is 9.46. The molecule has 0 aromatic heterocycles. The number of para-hydroxylation sites is 1. The van der Waals surface area contributed by atoms with Gasteiger partial charge in [-0.25, -0.2) is 0 Å². The zero-order valence-electron chi connectivity index (χ0n) is 14.1. The molecule has 3 heteroatoms. The lowest BCUT2D eigenvalue weighted by Gasteiger charge is -2.68. The average molecular weight is 320 g/mol. The fourth-order valence-corrected chi connectivity index (χ4v) is 7.93. The van der Waals surface area contributed by atoms with E-state index in [1.165, 1.54) is 49.9 Å². The Morgan fingerprint density at radius 1 is 1.12 bits per heavy atom. The summed E-state index contributed by atoms with van der Waals surface area (Å²) >= 11 is 0. The van der Waals surface area contributed by atoms with Gasteiger partial charge in [0.25, 0.3) is 0 Å². The average Bonchev–Trinajstić information content (AvgIpc) is 3.12. The molecule has 1 aromatic rings. The minimum Gasteiger partial charge on any atom is -0.304 e. The van der Waals surface area contributed by atoms with E-state index >= 15 is 0 Å². The summed E-state index contributed by atoms with van der Waals surface area (Å²) in [7, 11) is 0. The molecule has 6 aliphatic rings. The standard InChI is InChI=1S/C21H24N2O/c1-15-13-19-7-4-11-22-12-10-20(18(19)22)16-5-2-3-6-17(16)23(14-24)21(15,20)9-8-19/h2-3,5-6,14,18H,1,4,7-13H2. The van der Waals surface area contributed by atoms with E-state index in [2.05, 4.69) is 40.6 Å². The van der Waals surface area contributed by atoms with Crippen molar-refractivity contribution >= 4 is 12.1 Å². The van der Waals surface area contributed by atoms with Gasteiger partial charge in [0.1, 0.15) is 0 Å². The summed E-state index contributed by atoms with van der Waals surface area (Å²) in [5.41, 5.74) is 4.22. The van der Waals surface area contributed by atoms with Crippen LogP contribution in [0.1, 0.15) is 44.1 Å². The molecule has 3 aliphatic carbocycles. The predicted octanol–water partition coefficient (Wildman–Crippen LogP) is 3.25. The number of nitrogens with zero attached hydrogens (tertiary/aromatic N) is 2. The number of anilines is 1. The zero-order chi connectivity index (χ0) is 16.2. The summed E-state index contributed by atoms with van der Waals surface area (Å²) in [5, 5.41) is 0. The zero-order valence-corrected chi connectivity index (χ0v) is 14.1. The van der Waals surface area contributed by atoms with E-state index in [9.17, 15) is 4.79 Å². The summed E-state index contributed by atoms with van der Waals surface area (Å²) in [6.45, 7) is 7.01. The molecule has 1 amide bonds. The molecule has 3 heterocycles. The van der Waals surface area contributed by atoms with Crippen molar-refractivity contribution in [1.82, 2.24) is 4.90 Å². The van der Waals surface area contributed by atoms with Crippen LogP contribution in [0, 0.1) is 5.41 Å². The van der Waals surface area contributed by atoms with Crippen molar-refractivity contribution in [2.45, 2.75) is 55.5 Å². The topological polar surface area (TPSA) is 23.6 Å². The Bertz CT molecular complexity index is 788. The number of hydrogen-bond donors (Lipinski definition) is 0. The molecule has 2 bridgehead atoms. The third-order valence-corrected chi connectivity index (χ3v) is 8.36. The van der Waals surface area contributed by atoms with Crippen LogP contribution in [0.2, 0.25) is 0 Å². The Hall–Kier alpha value is -1.61. The second-order valence-corrected chi connectivity index (χ2v) is 8.76. The molecule has 3 spiro atoms. The highest BCUT2D eigenvalue weighted by atomic mass is 16.1. The Labute approximate surface area is 143 Å². The number of rotatable bonds is 1. The molecule has 124 valence electrons. The van der Waals surface area contributed by atoms with E-state index in [-0.39, 0.29) is 11.0 Å². The summed E-state index contributed by atoms with van der Waals surface area (Å²) in [4.78, 5) is 17.1. The number of hydrogen-bond acceptors (Lipinski definition) is 2. The minimum atomic E-state index is -0.170. The van der Waals surface area contributed by atoms with Crippen molar-refractivity contribution in [3.05, 3.63) is 42.0 Å². The maximum absolute atomic E-state index is 12.3. The molecular formula is C21H24N2O. The van der Waals surface area contributed by atoms with Gasteiger partial charge in [-0.05, 0) is 74.2 Å². The highest BCUT2D eigenvalue weighted by molar-refractivity contribution is 5.88. The Morgan fingerprint density at radius 3 is 2.83 bits per heavy atom. The number of carbonyl (C=O) groups is 1. The smallest absolute Gasteiger partial charge is 0.214 e. The minimum absolute atomic E-state index is 0.0819. The monoisotopic (exact) mass is 320 g/mol. The molecular weight excluding hydrogens is 296 g/mol. The Morgan fingerprint density at radius 2 is 2.00 bits per heavy atom. The van der Waals surface area contributed by atoms with Crippen molar-refractivity contribution in [2.24, 2.45) is 5.41 Å². The second kappa shape index (κ2) is 3.96. The van der Waals surface area contributed by atoms with Crippen LogP contribution in [0.4, 0.5) is 5.69 Å². The van der Waals surface area contributed by atoms with Gasteiger partial charge in [0.15, 0.2) is 0 Å². The molecule has 4 atom stereocenters. The first-order chi connectivity index (χ1) is 11.7. The van der Waals surface area contributed by atoms with Crippen molar-refractivity contribution in [3.8, 4) is 0 Å². The fraction of sp³-hybridized carbons (Fsp3) is 0.571. The lowest BCUT2D eigenvalue weighted by atomic mass is 9.40. The van der Waals surface area contributed by atoms with Gasteiger partial charge >= 0.3 is 0 Å². The molecule has 0 radical (unpaired) electrons. The molecule has 4 unspecified atom stereocenters. The van der Waals surface area contributed by atoms with Crippen LogP contribution in [0.5, 0.6) is 0 Å². The van der Waals surface area contributed by atoms with Gasteiger partial charge in [0, 0.05) is 17.1 Å². The predicted molar refractivity (Wildman–Crippen MR) is 94.0 cm³/mol. The van der Waals surface area contributed by atoms with Gasteiger partial charge in [0.2, 0.25) is 6.41 Å². The third kappa shape index (κ3) is 1.10. The van der Waals surface area contributed by atoms with Gasteiger partial charge < -0.3 is 4.90 Å². The van der Waals surface area contributed by atoms with Crippen LogP contribution in [-0.4, -0.2) is 36.0 Å². The Kier molecular flexibility index (Phi) is 2.25. The highest BCUT2D eigenvalue weighted by Gasteiger charge is 2.78. The van der Waals surface area contributed by atoms with Crippen molar-refractivity contribution in [3.63, 3.8) is 0 Å². The number of benzene rings is 1. The van der Waals surface area contributed by atoms with E-state index in [1.54, 1.807) is 0 Å². The second-order valence-electron chi connectivity index (χ2n) is 8.76. The summed E-state index contributed by atoms with van der Waals surface area (Å²) in [5.74, 6) is 0. The SMILES string of the molecule is C=C1CC23CCCN4CCC5(c6ccccc6N(C=O)C15CC2)C43. The fourth-order valence-electron chi connectivity index (χ4n) is 7.93. The molecule has 3 saturated carbocycles. The van der Waals surface area contributed by atoms with Crippen molar-refractivity contribution in [1.29, 1.82) is 0 Å². The Balaban J connectivity index is 1.72. The number of carbonyl (C=O) groups excluding carboxylic acids is 1. The molecule has 24 heavy (non-hydrogen) atoms. The highest BCUT2D eigenvalue weighted by Crippen LogP contribution is 2.75. The van der Waals surface area contributed by atoms with Crippen molar-refractivity contribution < 1.29 is 4.79 Å². The molecule has 3 nitrogen and oxygen atoms in total. The van der Waals surface area contributed by atoms with Crippen molar-refractivity contribution in [2.75, 3.05) is 18.0 Å². The quantitative estimate of drug-likeness (QED) is 0.586. The molecule has 0 N–H and O–H groups in total. The van der Waals surface area contributed by atoms with E-state index < -0.39 is 0 Å². The van der Waals surface area contributed by atoms with Crippen LogP contribution in [0.3, 0.4) is 0 Å². The maximum atomic E-state index is 12.3. The van der Waals surface area contributed by atoms with Crippen LogP contribution in [0.15, 0.2) is 36.4 Å². The van der Waals surface area contributed by atoms with E-state index in [1.807, 2.05) is 0 Å². The molecule has 1 aromatic carbocycles. The van der Waals surface area contributed by atoms with Gasteiger partial charge in [-0.15, -0.1) is 0 Å². The number of piperidine rings is 1. The van der Waals surface area contributed by atoms with Crippen LogP contribution < -0.4 is 4.90 Å². The summed E-state index contributed by atoms with van der Waals surface area (Å²) < 4.78 is 0. The molecule has 7 rings (SSSR count). The first-order valence-electron chi connectivity index (χ1n) is 9.46. The first kappa shape index (κ1) is 13.7. The number of fused-ring (bicyclic) bond motifs is 3. The van der Waals surface area contributed by atoms with E-state index in [0.717, 1.165) is 24.9 Å². The molecule has 2 saturated heterocycles. The lowest BCUT2D eigenvalue weighted by Crippen LogP contribution is -2.75. The normalized spacial score (nSPS) is 45.1. The number of amides is 1. The van der Waals surface area contributed by atoms with E-state index in [4.69, 9.17) is 0 Å². The maximum Gasteiger partial charge on any atom is 0.214 e. The largest absolute Gasteiger partial charge is 0.304 e. The molecule has 5 fully saturated rings. The lowest BCUT2D eigenvalue weighted by molar-refractivity contribution is -0.113. The third-order valence-electron chi connectivity index (χ3n) is 8.36. The van der Waals surface area contributed by atoms with Gasteiger partial charge in [0.05, 0.1) is 5.54 Å². The summed E-state index contributed by atoms with van der Waals surface area (Å²) in [6.07, 6.45) is 8.42. The van der Waals surface area contributed by atoms with Crippen LogP contribution in [-0.2, 0) is 10.2 Å². The van der Waals surface area contributed by atoms with Crippen LogP contribution >= 0.6 is 0 Å². The summed E-state index contributed by atoms with van der Waals surface area (Å²) in [6, 6.07) is 9.31.